The molecule has 6 heterocycles. The van der Waals surface area contributed by atoms with E-state index in [2.05, 4.69) is 64.6 Å². The Morgan fingerprint density at radius 1 is 0.946 bits per heavy atom. The van der Waals surface area contributed by atoms with Crippen LogP contribution in [0.5, 0.6) is 0 Å². The second-order valence-corrected chi connectivity index (χ2v) is 10.7. The molecular formula is C27H31N9O. The third-order valence-electron chi connectivity index (χ3n) is 7.82. The molecular weight excluding hydrogens is 466 g/mol. The van der Waals surface area contributed by atoms with Crippen molar-refractivity contribution in [1.82, 2.24) is 34.2 Å². The lowest BCUT2D eigenvalue weighted by molar-refractivity contribution is -0.127. The summed E-state index contributed by atoms with van der Waals surface area (Å²) in [5.41, 5.74) is 8.50. The number of rotatable bonds is 5. The lowest BCUT2D eigenvalue weighted by atomic mass is 9.78. The van der Waals surface area contributed by atoms with Gasteiger partial charge in [0.25, 0.3) is 0 Å². The van der Waals surface area contributed by atoms with E-state index in [0.717, 1.165) is 88.4 Å². The molecule has 0 amide bonds. The zero-order valence-corrected chi connectivity index (χ0v) is 21.9. The first-order valence-corrected chi connectivity index (χ1v) is 12.7. The van der Waals surface area contributed by atoms with E-state index in [1.54, 1.807) is 0 Å². The number of aryl methyl sites for hydroxylation is 5. The van der Waals surface area contributed by atoms with Crippen LogP contribution in [0.25, 0.3) is 27.7 Å². The van der Waals surface area contributed by atoms with Crippen molar-refractivity contribution in [2.24, 2.45) is 19.5 Å². The highest BCUT2D eigenvalue weighted by Crippen LogP contribution is 2.41. The van der Waals surface area contributed by atoms with Crippen LogP contribution < -0.4 is 10.2 Å². The first kappa shape index (κ1) is 22.3. The summed E-state index contributed by atoms with van der Waals surface area (Å²) in [6.45, 7) is 10.4. The Morgan fingerprint density at radius 2 is 1.76 bits per heavy atom. The predicted molar refractivity (Wildman–Crippen MR) is 143 cm³/mol. The average molecular weight is 498 g/mol. The fourth-order valence-corrected chi connectivity index (χ4v) is 5.84. The standard InChI is InChI=1S/C27H31N9O/c1-16-8-20(33(4)30-16)11-28-23-10-24(35-12-27(13-35)14-37-15-27)29-26-25(18(3)32-36(23)26)19-6-7-22-21(9-19)17(2)31-34(22)5/h6-10,28H,11-15H2,1-5H3. The van der Waals surface area contributed by atoms with Crippen molar-refractivity contribution >= 4 is 28.2 Å². The SMILES string of the molecule is Cc1cc(CNc2cc(N3CC4(COC4)C3)nc3c(-c4ccc5c(c4)c(C)nn5C)c(C)nn23)n(C)n1. The van der Waals surface area contributed by atoms with E-state index in [-0.39, 0.29) is 0 Å². The predicted octanol–water partition coefficient (Wildman–Crippen LogP) is 3.39. The van der Waals surface area contributed by atoms with E-state index in [9.17, 15) is 0 Å². The maximum Gasteiger partial charge on any atom is 0.167 e. The van der Waals surface area contributed by atoms with E-state index in [1.165, 1.54) is 0 Å². The van der Waals surface area contributed by atoms with Crippen LogP contribution >= 0.6 is 0 Å². The summed E-state index contributed by atoms with van der Waals surface area (Å²) in [5, 5.41) is 18.8. The molecule has 10 heteroatoms. The minimum atomic E-state index is 0.301. The van der Waals surface area contributed by atoms with Crippen molar-refractivity contribution in [3.05, 3.63) is 53.1 Å². The number of ether oxygens (including phenoxy) is 1. The molecule has 37 heavy (non-hydrogen) atoms. The monoisotopic (exact) mass is 497 g/mol. The molecule has 10 nitrogen and oxygen atoms in total. The molecule has 0 bridgehead atoms. The summed E-state index contributed by atoms with van der Waals surface area (Å²) < 4.78 is 11.3. The van der Waals surface area contributed by atoms with Crippen molar-refractivity contribution in [2.45, 2.75) is 27.3 Å². The summed E-state index contributed by atoms with van der Waals surface area (Å²) in [4.78, 5) is 7.52. The second kappa shape index (κ2) is 7.79. The third kappa shape index (κ3) is 3.42. The van der Waals surface area contributed by atoms with Crippen LogP contribution in [0, 0.1) is 26.2 Å². The summed E-state index contributed by atoms with van der Waals surface area (Å²) in [6.07, 6.45) is 0. The Balaban J connectivity index is 1.34. The summed E-state index contributed by atoms with van der Waals surface area (Å²) in [6, 6.07) is 10.7. The van der Waals surface area contributed by atoms with Gasteiger partial charge in [-0.05, 0) is 44.5 Å². The number of aromatic nitrogens is 7. The van der Waals surface area contributed by atoms with Gasteiger partial charge in [-0.15, -0.1) is 0 Å². The van der Waals surface area contributed by atoms with Gasteiger partial charge in [0, 0.05) is 44.2 Å². The number of hydrogen-bond acceptors (Lipinski definition) is 7. The number of fused-ring (bicyclic) bond motifs is 2. The topological polar surface area (TPSA) is 90.3 Å². The number of nitrogens with zero attached hydrogens (tertiary/aromatic N) is 8. The molecule has 2 saturated heterocycles. The number of anilines is 2. The van der Waals surface area contributed by atoms with Crippen molar-refractivity contribution in [3.63, 3.8) is 0 Å². The minimum Gasteiger partial charge on any atom is -0.380 e. The molecule has 1 spiro atoms. The average Bonchev–Trinajstić information content (AvgIpc) is 3.41. The molecule has 1 aromatic carbocycles. The van der Waals surface area contributed by atoms with Crippen LogP contribution in [0.3, 0.4) is 0 Å². The van der Waals surface area contributed by atoms with Gasteiger partial charge in [0.1, 0.15) is 11.6 Å². The first-order valence-electron chi connectivity index (χ1n) is 12.7. The lowest BCUT2D eigenvalue weighted by Gasteiger charge is -2.55. The van der Waals surface area contributed by atoms with Crippen molar-refractivity contribution < 1.29 is 4.74 Å². The zero-order chi connectivity index (χ0) is 25.5. The molecule has 2 aliphatic rings. The summed E-state index contributed by atoms with van der Waals surface area (Å²) >= 11 is 0. The molecule has 2 fully saturated rings. The molecule has 0 atom stereocenters. The molecule has 0 unspecified atom stereocenters. The van der Waals surface area contributed by atoms with Gasteiger partial charge in [-0.3, -0.25) is 9.36 Å². The Bertz CT molecular complexity index is 1680. The number of nitrogens with one attached hydrogen (secondary N) is 1. The van der Waals surface area contributed by atoms with Crippen molar-refractivity contribution in [3.8, 4) is 11.1 Å². The highest BCUT2D eigenvalue weighted by Gasteiger charge is 2.49. The van der Waals surface area contributed by atoms with Gasteiger partial charge in [-0.1, -0.05) is 6.07 Å². The fraction of sp³-hybridized carbons (Fsp3) is 0.407. The largest absolute Gasteiger partial charge is 0.380 e. The van der Waals surface area contributed by atoms with Gasteiger partial charge in [0.05, 0.1) is 53.5 Å². The highest BCUT2D eigenvalue weighted by molar-refractivity contribution is 5.91. The number of benzene rings is 1. The van der Waals surface area contributed by atoms with Gasteiger partial charge >= 0.3 is 0 Å². The van der Waals surface area contributed by atoms with Gasteiger partial charge in [0.15, 0.2) is 5.65 Å². The molecule has 2 aliphatic heterocycles. The molecule has 0 aliphatic carbocycles. The molecule has 5 aromatic rings. The van der Waals surface area contributed by atoms with E-state index in [1.807, 2.05) is 34.9 Å². The zero-order valence-electron chi connectivity index (χ0n) is 21.9. The Morgan fingerprint density at radius 3 is 2.46 bits per heavy atom. The van der Waals surface area contributed by atoms with Crippen LogP contribution in [0.4, 0.5) is 11.6 Å². The molecule has 0 radical (unpaired) electrons. The Kier molecular flexibility index (Phi) is 4.69. The minimum absolute atomic E-state index is 0.301. The van der Waals surface area contributed by atoms with Gasteiger partial charge in [-0.25, -0.2) is 4.98 Å². The molecule has 4 aromatic heterocycles. The number of hydrogen-bond donors (Lipinski definition) is 1. The Hall–Kier alpha value is -3.92. The van der Waals surface area contributed by atoms with Crippen LogP contribution in [0.15, 0.2) is 30.3 Å². The van der Waals surface area contributed by atoms with Crippen LogP contribution in [0.1, 0.15) is 22.8 Å². The summed E-state index contributed by atoms with van der Waals surface area (Å²) in [7, 11) is 3.96. The van der Waals surface area contributed by atoms with E-state index >= 15 is 0 Å². The van der Waals surface area contributed by atoms with Gasteiger partial charge in [0.2, 0.25) is 0 Å². The smallest absolute Gasteiger partial charge is 0.167 e. The summed E-state index contributed by atoms with van der Waals surface area (Å²) in [5.74, 6) is 1.88. The van der Waals surface area contributed by atoms with Crippen LogP contribution in [-0.2, 0) is 25.4 Å². The second-order valence-electron chi connectivity index (χ2n) is 10.7. The van der Waals surface area contributed by atoms with Crippen LogP contribution in [0.2, 0.25) is 0 Å². The fourth-order valence-electron chi connectivity index (χ4n) is 5.84. The molecule has 0 saturated carbocycles. The Labute approximate surface area is 214 Å². The van der Waals surface area contributed by atoms with Crippen molar-refractivity contribution in [1.29, 1.82) is 0 Å². The molecule has 190 valence electrons. The maximum absolute atomic E-state index is 5.50. The van der Waals surface area contributed by atoms with E-state index < -0.39 is 0 Å². The first-order chi connectivity index (χ1) is 17.8. The van der Waals surface area contributed by atoms with Crippen molar-refractivity contribution in [2.75, 3.05) is 36.5 Å². The molecule has 1 N–H and O–H groups in total. The maximum atomic E-state index is 5.50. The van der Waals surface area contributed by atoms with E-state index in [4.69, 9.17) is 14.8 Å². The normalized spacial score (nSPS) is 16.5. The molecule has 7 rings (SSSR count). The van der Waals surface area contributed by atoms with Gasteiger partial charge < -0.3 is 15.0 Å². The quantitative estimate of drug-likeness (QED) is 0.398. The third-order valence-corrected chi connectivity index (χ3v) is 7.82. The highest BCUT2D eigenvalue weighted by atomic mass is 16.5. The van der Waals surface area contributed by atoms with Crippen LogP contribution in [-0.4, -0.2) is 60.5 Å². The lowest BCUT2D eigenvalue weighted by Crippen LogP contribution is -2.66. The van der Waals surface area contributed by atoms with E-state index in [0.29, 0.717) is 12.0 Å². The van der Waals surface area contributed by atoms with Gasteiger partial charge in [-0.2, -0.15) is 19.8 Å².